The number of aromatic nitrogens is 2. The lowest BCUT2D eigenvalue weighted by molar-refractivity contribution is 0.859. The predicted molar refractivity (Wildman–Crippen MR) is 82.9 cm³/mol. The van der Waals surface area contributed by atoms with Crippen LogP contribution in [0.3, 0.4) is 0 Å². The number of hydrogen-bond acceptors (Lipinski definition) is 5. The summed E-state index contributed by atoms with van der Waals surface area (Å²) in [6, 6.07) is 3.89. The van der Waals surface area contributed by atoms with Crippen LogP contribution < -0.4 is 4.90 Å². The number of hydrogen-bond donors (Lipinski definition) is 0. The van der Waals surface area contributed by atoms with E-state index >= 15 is 0 Å². The summed E-state index contributed by atoms with van der Waals surface area (Å²) in [4.78, 5) is 10.6. The van der Waals surface area contributed by atoms with Gasteiger partial charge in [0.2, 0.25) is 0 Å². The van der Waals surface area contributed by atoms with Gasteiger partial charge < -0.3 is 4.90 Å². The fourth-order valence-electron chi connectivity index (χ4n) is 1.46. The Bertz CT molecular complexity index is 547. The van der Waals surface area contributed by atoms with E-state index in [0.717, 1.165) is 16.1 Å². The van der Waals surface area contributed by atoms with Gasteiger partial charge in [-0.1, -0.05) is 23.4 Å². The zero-order valence-corrected chi connectivity index (χ0v) is 13.8. The molecule has 7 heteroatoms. The van der Waals surface area contributed by atoms with E-state index in [9.17, 15) is 0 Å². The van der Waals surface area contributed by atoms with E-state index in [1.165, 1.54) is 17.3 Å². The van der Waals surface area contributed by atoms with E-state index in [4.69, 9.17) is 11.6 Å². The molecule has 0 aromatic carbocycles. The molecule has 0 saturated carbocycles. The maximum absolute atomic E-state index is 5.98. The van der Waals surface area contributed by atoms with Crippen molar-refractivity contribution in [3.8, 4) is 0 Å². The van der Waals surface area contributed by atoms with Crippen LogP contribution in [0.1, 0.15) is 5.56 Å². The molecule has 96 valence electrons. The topological polar surface area (TPSA) is 29.0 Å². The van der Waals surface area contributed by atoms with Gasteiger partial charge in [-0.05, 0) is 39.2 Å². The summed E-state index contributed by atoms with van der Waals surface area (Å²) in [5.74, 6) is 0.835. The van der Waals surface area contributed by atoms with Crippen LogP contribution in [0, 0.1) is 0 Å². The lowest BCUT2D eigenvalue weighted by Crippen LogP contribution is -2.17. The molecule has 0 aliphatic rings. The molecular formula is C11H11BrClN3S2. The minimum Gasteiger partial charge on any atom is -0.355 e. The van der Waals surface area contributed by atoms with Crippen molar-refractivity contribution in [3.05, 3.63) is 32.0 Å². The smallest absolute Gasteiger partial charge is 0.190 e. The molecule has 3 nitrogen and oxygen atoms in total. The standard InChI is InChI=1S/C11H11BrClN3S2/c1-16(5-7-3-8(12)18-6-7)10-4-9(13)14-11(15-10)17-2/h3-4,6H,5H2,1-2H3. The molecule has 0 radical (unpaired) electrons. The van der Waals surface area contributed by atoms with Gasteiger partial charge in [0.15, 0.2) is 5.16 Å². The summed E-state index contributed by atoms with van der Waals surface area (Å²) >= 11 is 12.6. The number of rotatable bonds is 4. The third kappa shape index (κ3) is 3.60. The van der Waals surface area contributed by atoms with E-state index in [0.29, 0.717) is 10.3 Å². The van der Waals surface area contributed by atoms with Crippen molar-refractivity contribution >= 4 is 56.4 Å². The SMILES string of the molecule is CSc1nc(Cl)cc(N(C)Cc2csc(Br)c2)n1. The Kier molecular flexibility index (Phi) is 4.89. The Hall–Kier alpha value is -0.300. The molecule has 2 aromatic heterocycles. The van der Waals surface area contributed by atoms with Crippen molar-refractivity contribution in [2.24, 2.45) is 0 Å². The average molecular weight is 365 g/mol. The van der Waals surface area contributed by atoms with Crippen molar-refractivity contribution in [2.75, 3.05) is 18.2 Å². The third-order valence-corrected chi connectivity index (χ3v) is 4.57. The first-order chi connectivity index (χ1) is 8.58. The summed E-state index contributed by atoms with van der Waals surface area (Å²) in [6.07, 6.45) is 1.94. The average Bonchev–Trinajstić information content (AvgIpc) is 2.73. The summed E-state index contributed by atoms with van der Waals surface area (Å²) in [5.41, 5.74) is 1.25. The van der Waals surface area contributed by atoms with Crippen molar-refractivity contribution in [3.63, 3.8) is 0 Å². The molecule has 0 N–H and O–H groups in total. The van der Waals surface area contributed by atoms with Gasteiger partial charge in [-0.25, -0.2) is 9.97 Å². The molecule has 0 aliphatic carbocycles. The first kappa shape index (κ1) is 14.1. The van der Waals surface area contributed by atoms with Gasteiger partial charge >= 0.3 is 0 Å². The van der Waals surface area contributed by atoms with Crippen LogP contribution in [0.25, 0.3) is 0 Å². The second-order valence-electron chi connectivity index (χ2n) is 3.65. The maximum atomic E-state index is 5.98. The minimum absolute atomic E-state index is 0.475. The second-order valence-corrected chi connectivity index (χ2v) is 7.10. The maximum Gasteiger partial charge on any atom is 0.190 e. The molecule has 2 aromatic rings. The van der Waals surface area contributed by atoms with E-state index in [-0.39, 0.29) is 0 Å². The highest BCUT2D eigenvalue weighted by Crippen LogP contribution is 2.24. The number of nitrogens with zero attached hydrogens (tertiary/aromatic N) is 3. The highest BCUT2D eigenvalue weighted by Gasteiger charge is 2.08. The van der Waals surface area contributed by atoms with Crippen molar-refractivity contribution < 1.29 is 0 Å². The Balaban J connectivity index is 2.17. The summed E-state index contributed by atoms with van der Waals surface area (Å²) < 4.78 is 1.14. The Morgan fingerprint density at radius 3 is 2.83 bits per heavy atom. The molecule has 0 unspecified atom stereocenters. The van der Waals surface area contributed by atoms with Gasteiger partial charge in [0.25, 0.3) is 0 Å². The van der Waals surface area contributed by atoms with Gasteiger partial charge in [-0.2, -0.15) is 0 Å². The normalized spacial score (nSPS) is 10.7. The number of thioether (sulfide) groups is 1. The molecule has 2 rings (SSSR count). The molecule has 0 spiro atoms. The highest BCUT2D eigenvalue weighted by atomic mass is 79.9. The van der Waals surface area contributed by atoms with Gasteiger partial charge in [-0.15, -0.1) is 11.3 Å². The molecule has 0 saturated heterocycles. The van der Waals surface area contributed by atoms with Crippen LogP contribution in [0.15, 0.2) is 26.5 Å². The van der Waals surface area contributed by atoms with Crippen molar-refractivity contribution in [2.45, 2.75) is 11.7 Å². The molecule has 0 amide bonds. The van der Waals surface area contributed by atoms with Crippen LogP contribution in [0.2, 0.25) is 5.15 Å². The Morgan fingerprint density at radius 1 is 1.44 bits per heavy atom. The number of anilines is 1. The zero-order chi connectivity index (χ0) is 13.1. The van der Waals surface area contributed by atoms with E-state index in [1.807, 2.05) is 13.3 Å². The van der Waals surface area contributed by atoms with Gasteiger partial charge in [0, 0.05) is 19.7 Å². The third-order valence-electron chi connectivity index (χ3n) is 2.28. The van der Waals surface area contributed by atoms with E-state index < -0.39 is 0 Å². The van der Waals surface area contributed by atoms with Crippen LogP contribution in [0.4, 0.5) is 5.82 Å². The zero-order valence-electron chi connectivity index (χ0n) is 9.85. The van der Waals surface area contributed by atoms with Crippen molar-refractivity contribution in [1.29, 1.82) is 0 Å². The number of halogens is 2. The van der Waals surface area contributed by atoms with E-state index in [1.54, 1.807) is 17.4 Å². The van der Waals surface area contributed by atoms with Crippen LogP contribution in [-0.2, 0) is 6.54 Å². The highest BCUT2D eigenvalue weighted by molar-refractivity contribution is 9.11. The largest absolute Gasteiger partial charge is 0.355 e. The summed E-state index contributed by atoms with van der Waals surface area (Å²) in [6.45, 7) is 0.795. The molecule has 2 heterocycles. The Morgan fingerprint density at radius 2 is 2.22 bits per heavy atom. The Labute approximate surface area is 128 Å². The quantitative estimate of drug-likeness (QED) is 0.459. The number of thiophene rings is 1. The molecule has 18 heavy (non-hydrogen) atoms. The molecule has 0 atom stereocenters. The molecular weight excluding hydrogens is 354 g/mol. The first-order valence-electron chi connectivity index (χ1n) is 5.11. The van der Waals surface area contributed by atoms with Crippen molar-refractivity contribution in [1.82, 2.24) is 9.97 Å². The van der Waals surface area contributed by atoms with Crippen LogP contribution in [-0.4, -0.2) is 23.3 Å². The first-order valence-corrected chi connectivity index (χ1v) is 8.38. The minimum atomic E-state index is 0.475. The van der Waals surface area contributed by atoms with Gasteiger partial charge in [0.05, 0.1) is 3.79 Å². The molecule has 0 aliphatic heterocycles. The molecule has 0 fully saturated rings. The fourth-order valence-corrected chi connectivity index (χ4v) is 3.26. The van der Waals surface area contributed by atoms with Crippen LogP contribution >= 0.6 is 50.6 Å². The second kappa shape index (κ2) is 6.23. The lowest BCUT2D eigenvalue weighted by atomic mass is 10.3. The predicted octanol–water partition coefficient (Wildman–Crippen LogP) is 4.31. The summed E-state index contributed by atoms with van der Waals surface area (Å²) in [7, 11) is 1.99. The van der Waals surface area contributed by atoms with Gasteiger partial charge in [-0.3, -0.25) is 0 Å². The lowest BCUT2D eigenvalue weighted by Gasteiger charge is -2.17. The molecule has 0 bridgehead atoms. The monoisotopic (exact) mass is 363 g/mol. The fraction of sp³-hybridized carbons (Fsp3) is 0.273. The van der Waals surface area contributed by atoms with E-state index in [2.05, 4.69) is 42.2 Å². The van der Waals surface area contributed by atoms with Crippen LogP contribution in [0.5, 0.6) is 0 Å². The van der Waals surface area contributed by atoms with Gasteiger partial charge in [0.1, 0.15) is 11.0 Å². The summed E-state index contributed by atoms with van der Waals surface area (Å²) in [5, 5.41) is 3.29.